The van der Waals surface area contributed by atoms with E-state index in [-0.39, 0.29) is 5.91 Å². The lowest BCUT2D eigenvalue weighted by Gasteiger charge is -2.31. The molecule has 1 aromatic heterocycles. The predicted molar refractivity (Wildman–Crippen MR) is 76.9 cm³/mol. The lowest BCUT2D eigenvalue weighted by molar-refractivity contribution is -0.121. The SMILES string of the molecule is CC(NC(=O)Cc1c[nH]c2ccccc12)C1CCC1. The molecule has 1 aliphatic carbocycles. The first-order chi connectivity index (χ1) is 9.24. The van der Waals surface area contributed by atoms with E-state index in [4.69, 9.17) is 0 Å². The van der Waals surface area contributed by atoms with Crippen LogP contribution in [-0.2, 0) is 11.2 Å². The van der Waals surface area contributed by atoms with Crippen molar-refractivity contribution in [2.75, 3.05) is 0 Å². The highest BCUT2D eigenvalue weighted by molar-refractivity contribution is 5.88. The largest absolute Gasteiger partial charge is 0.361 e. The molecule has 2 N–H and O–H groups in total. The van der Waals surface area contributed by atoms with E-state index < -0.39 is 0 Å². The second-order valence-electron chi connectivity index (χ2n) is 5.58. The normalized spacial score (nSPS) is 17.1. The summed E-state index contributed by atoms with van der Waals surface area (Å²) in [4.78, 5) is 15.3. The molecular formula is C16H20N2O. The van der Waals surface area contributed by atoms with Crippen LogP contribution in [0, 0.1) is 5.92 Å². The van der Waals surface area contributed by atoms with Crippen LogP contribution in [0.25, 0.3) is 10.9 Å². The van der Waals surface area contributed by atoms with Crippen LogP contribution in [0.5, 0.6) is 0 Å². The first-order valence-electron chi connectivity index (χ1n) is 7.08. The highest BCUT2D eigenvalue weighted by Crippen LogP contribution is 2.29. The van der Waals surface area contributed by atoms with E-state index in [1.54, 1.807) is 0 Å². The molecule has 1 unspecified atom stereocenters. The van der Waals surface area contributed by atoms with Gasteiger partial charge in [0.1, 0.15) is 0 Å². The predicted octanol–water partition coefficient (Wildman–Crippen LogP) is 3.02. The first-order valence-corrected chi connectivity index (χ1v) is 7.08. The maximum Gasteiger partial charge on any atom is 0.224 e. The standard InChI is InChI=1S/C16H20N2O/c1-11(12-5-4-6-12)18-16(19)9-13-10-17-15-8-3-2-7-14(13)15/h2-3,7-8,10-12,17H,4-6,9H2,1H3,(H,18,19). The number of carbonyl (C=O) groups excluding carboxylic acids is 1. The molecule has 1 atom stereocenters. The van der Waals surface area contributed by atoms with Crippen LogP contribution in [0.3, 0.4) is 0 Å². The second kappa shape index (κ2) is 5.08. The van der Waals surface area contributed by atoms with Gasteiger partial charge < -0.3 is 10.3 Å². The van der Waals surface area contributed by atoms with Crippen LogP contribution in [-0.4, -0.2) is 16.9 Å². The van der Waals surface area contributed by atoms with Gasteiger partial charge in [-0.2, -0.15) is 0 Å². The Balaban J connectivity index is 1.65. The number of benzene rings is 1. The number of para-hydroxylation sites is 1. The topological polar surface area (TPSA) is 44.9 Å². The van der Waals surface area contributed by atoms with Gasteiger partial charge in [0, 0.05) is 23.1 Å². The van der Waals surface area contributed by atoms with Crippen molar-refractivity contribution in [1.29, 1.82) is 0 Å². The number of aromatic amines is 1. The van der Waals surface area contributed by atoms with E-state index in [9.17, 15) is 4.79 Å². The third-order valence-electron chi connectivity index (χ3n) is 4.27. The Morgan fingerprint density at radius 3 is 2.95 bits per heavy atom. The summed E-state index contributed by atoms with van der Waals surface area (Å²) in [7, 11) is 0. The minimum atomic E-state index is 0.129. The minimum absolute atomic E-state index is 0.129. The molecule has 19 heavy (non-hydrogen) atoms. The lowest BCUT2D eigenvalue weighted by atomic mass is 9.80. The Labute approximate surface area is 113 Å². The van der Waals surface area contributed by atoms with E-state index in [0.29, 0.717) is 18.4 Å². The number of nitrogens with one attached hydrogen (secondary N) is 2. The van der Waals surface area contributed by atoms with Crippen LogP contribution < -0.4 is 5.32 Å². The van der Waals surface area contributed by atoms with Crippen molar-refractivity contribution in [3.05, 3.63) is 36.0 Å². The van der Waals surface area contributed by atoms with Gasteiger partial charge >= 0.3 is 0 Å². The number of amides is 1. The quantitative estimate of drug-likeness (QED) is 0.867. The molecule has 1 heterocycles. The van der Waals surface area contributed by atoms with Crippen molar-refractivity contribution in [2.24, 2.45) is 5.92 Å². The number of fused-ring (bicyclic) bond motifs is 1. The highest BCUT2D eigenvalue weighted by Gasteiger charge is 2.25. The van der Waals surface area contributed by atoms with Gasteiger partial charge in [0.05, 0.1) is 6.42 Å². The molecule has 1 amide bonds. The molecule has 1 fully saturated rings. The zero-order valence-corrected chi connectivity index (χ0v) is 11.3. The summed E-state index contributed by atoms with van der Waals surface area (Å²) >= 11 is 0. The summed E-state index contributed by atoms with van der Waals surface area (Å²) in [5.41, 5.74) is 2.17. The fourth-order valence-corrected chi connectivity index (χ4v) is 2.81. The van der Waals surface area contributed by atoms with Gasteiger partial charge in [0.25, 0.3) is 0 Å². The zero-order valence-electron chi connectivity index (χ0n) is 11.3. The highest BCUT2D eigenvalue weighted by atomic mass is 16.1. The van der Waals surface area contributed by atoms with Gasteiger partial charge in [-0.25, -0.2) is 0 Å². The van der Waals surface area contributed by atoms with E-state index in [1.807, 2.05) is 24.4 Å². The van der Waals surface area contributed by atoms with Crippen LogP contribution in [0.15, 0.2) is 30.5 Å². The van der Waals surface area contributed by atoms with Crippen molar-refractivity contribution in [1.82, 2.24) is 10.3 Å². The maximum atomic E-state index is 12.1. The van der Waals surface area contributed by atoms with Gasteiger partial charge in [-0.05, 0) is 37.3 Å². The summed E-state index contributed by atoms with van der Waals surface area (Å²) in [6, 6.07) is 8.42. The van der Waals surface area contributed by atoms with E-state index in [2.05, 4.69) is 23.3 Å². The van der Waals surface area contributed by atoms with Crippen LogP contribution >= 0.6 is 0 Å². The summed E-state index contributed by atoms with van der Waals surface area (Å²) in [6.07, 6.45) is 6.23. The first kappa shape index (κ1) is 12.3. The Hall–Kier alpha value is -1.77. The average Bonchev–Trinajstić information content (AvgIpc) is 2.70. The van der Waals surface area contributed by atoms with Crippen molar-refractivity contribution in [2.45, 2.75) is 38.6 Å². The Kier molecular flexibility index (Phi) is 3.28. The lowest BCUT2D eigenvalue weighted by Crippen LogP contribution is -2.41. The van der Waals surface area contributed by atoms with Gasteiger partial charge in [-0.3, -0.25) is 4.79 Å². The van der Waals surface area contributed by atoms with E-state index >= 15 is 0 Å². The number of hydrogen-bond donors (Lipinski definition) is 2. The van der Waals surface area contributed by atoms with Gasteiger partial charge in [0.2, 0.25) is 5.91 Å². The van der Waals surface area contributed by atoms with E-state index in [0.717, 1.165) is 16.5 Å². The molecule has 100 valence electrons. The molecule has 1 saturated carbocycles. The van der Waals surface area contributed by atoms with E-state index in [1.165, 1.54) is 19.3 Å². The number of H-pyrrole nitrogens is 1. The van der Waals surface area contributed by atoms with Crippen LogP contribution in [0.2, 0.25) is 0 Å². The molecule has 1 aromatic carbocycles. The fraction of sp³-hybridized carbons (Fsp3) is 0.438. The number of rotatable bonds is 4. The van der Waals surface area contributed by atoms with Gasteiger partial charge in [-0.1, -0.05) is 24.6 Å². The summed E-state index contributed by atoms with van der Waals surface area (Å²) in [6.45, 7) is 2.12. The molecular weight excluding hydrogens is 236 g/mol. The third-order valence-corrected chi connectivity index (χ3v) is 4.27. The molecule has 3 nitrogen and oxygen atoms in total. The second-order valence-corrected chi connectivity index (χ2v) is 5.58. The monoisotopic (exact) mass is 256 g/mol. The van der Waals surface area contributed by atoms with Crippen LogP contribution in [0.4, 0.5) is 0 Å². The van der Waals surface area contributed by atoms with Gasteiger partial charge in [0.15, 0.2) is 0 Å². The Bertz CT molecular complexity index is 583. The van der Waals surface area contributed by atoms with Crippen molar-refractivity contribution >= 4 is 16.8 Å². The summed E-state index contributed by atoms with van der Waals surface area (Å²) < 4.78 is 0. The summed E-state index contributed by atoms with van der Waals surface area (Å²) in [5.74, 6) is 0.816. The zero-order chi connectivity index (χ0) is 13.2. The average molecular weight is 256 g/mol. The van der Waals surface area contributed by atoms with Crippen molar-refractivity contribution in [3.8, 4) is 0 Å². The number of aromatic nitrogens is 1. The smallest absolute Gasteiger partial charge is 0.224 e. The molecule has 3 rings (SSSR count). The molecule has 0 aliphatic heterocycles. The van der Waals surface area contributed by atoms with Crippen molar-refractivity contribution in [3.63, 3.8) is 0 Å². The molecule has 1 aliphatic rings. The minimum Gasteiger partial charge on any atom is -0.361 e. The van der Waals surface area contributed by atoms with Crippen molar-refractivity contribution < 1.29 is 4.79 Å². The molecule has 3 heteroatoms. The fourth-order valence-electron chi connectivity index (χ4n) is 2.81. The molecule has 0 spiro atoms. The number of carbonyl (C=O) groups is 1. The molecule has 0 bridgehead atoms. The molecule has 0 radical (unpaired) electrons. The Morgan fingerprint density at radius 1 is 1.42 bits per heavy atom. The van der Waals surface area contributed by atoms with Crippen LogP contribution in [0.1, 0.15) is 31.7 Å². The third kappa shape index (κ3) is 2.50. The molecule has 0 saturated heterocycles. The van der Waals surface area contributed by atoms with Gasteiger partial charge in [-0.15, -0.1) is 0 Å². The maximum absolute atomic E-state index is 12.1. The number of hydrogen-bond acceptors (Lipinski definition) is 1. The molecule has 2 aromatic rings. The summed E-state index contributed by atoms with van der Waals surface area (Å²) in [5, 5.41) is 4.28. The Morgan fingerprint density at radius 2 is 2.21 bits per heavy atom.